The molecule has 0 unspecified atom stereocenters. The molecule has 0 aliphatic heterocycles. The Morgan fingerprint density at radius 2 is 1.16 bits per heavy atom. The first-order valence-electron chi connectivity index (χ1n) is 9.62. The Bertz CT molecular complexity index is 1250. The van der Waals surface area contributed by atoms with Gasteiger partial charge in [0.2, 0.25) is 0 Å². The molecule has 0 spiro atoms. The van der Waals surface area contributed by atoms with Crippen LogP contribution in [0.3, 0.4) is 0 Å². The summed E-state index contributed by atoms with van der Waals surface area (Å²) in [6, 6.07) is 0. The quantitative estimate of drug-likeness (QED) is 0.322. The Morgan fingerprint density at radius 1 is 0.742 bits per heavy atom. The molecular weight excluding hydrogens is 503 g/mol. The van der Waals surface area contributed by atoms with Gasteiger partial charge in [-0.3, -0.25) is 0 Å². The number of nitrogens with two attached hydrogens (primary N) is 1. The van der Waals surface area contributed by atoms with Gasteiger partial charge in [-0.05, 0) is 52.7 Å². The number of aromatic nitrogens is 6. The first-order valence-corrected chi connectivity index (χ1v) is 9.62. The number of fused-ring (bicyclic) bond motifs is 2. The molecule has 0 saturated heterocycles. The van der Waals surface area contributed by atoms with Gasteiger partial charge >= 0.3 is 0 Å². The third-order valence-electron chi connectivity index (χ3n) is 5.70. The molecule has 0 fully saturated rings. The lowest BCUT2D eigenvalue weighted by atomic mass is 10.2. The highest BCUT2D eigenvalue weighted by atomic mass is 127. The number of aryl methyl sites for hydroxylation is 8. The molecule has 4 rings (SSSR count). The Hall–Kier alpha value is -2.43. The summed E-state index contributed by atoms with van der Waals surface area (Å²) in [7, 11) is 5.91. The van der Waals surface area contributed by atoms with E-state index in [2.05, 4.69) is 41.3 Å². The number of nitrogen functional groups attached to an aromatic ring is 1. The number of imidazole rings is 2. The van der Waals surface area contributed by atoms with Gasteiger partial charge in [0.05, 0.1) is 11.0 Å². The highest BCUT2D eigenvalue weighted by molar-refractivity contribution is 14.0. The molecule has 4 heterocycles. The molecule has 0 atom stereocenters. The van der Waals surface area contributed by atoms with Crippen molar-refractivity contribution in [2.75, 3.05) is 18.1 Å². The Balaban J connectivity index is 0. The molecule has 4 aromatic heterocycles. The van der Waals surface area contributed by atoms with Gasteiger partial charge in [0.1, 0.15) is 22.7 Å². The van der Waals surface area contributed by atoms with Crippen LogP contribution in [-0.4, -0.2) is 36.1 Å². The fourth-order valence-electron chi connectivity index (χ4n) is 3.56. The summed E-state index contributed by atoms with van der Waals surface area (Å²) in [4.78, 5) is 17.7. The third-order valence-corrected chi connectivity index (χ3v) is 5.70. The standard InChI is InChI=1S/C11H16N4.C10H14N4.CH4.HI.2H2/c1-6-7(2)13-11(12-4)9-10(6)15(5)8(3)14-9;1-5-6(2)12-10(11)8-9(5)14(4)7(3)13-8;;;;/h1-5H3,(H,12,13);1-4H3,(H2,11,12);1H4;3*1H/i;;;;2*1+1. The second-order valence-electron chi connectivity index (χ2n) is 7.46. The number of halogens is 1. The number of hydrogen-bond acceptors (Lipinski definition) is 6. The van der Waals surface area contributed by atoms with Crippen LogP contribution in [0.25, 0.3) is 22.1 Å². The van der Waals surface area contributed by atoms with Crippen molar-refractivity contribution in [3.63, 3.8) is 0 Å². The maximum absolute atomic E-state index is 5.82. The number of pyridine rings is 2. The van der Waals surface area contributed by atoms with Gasteiger partial charge in [-0.25, -0.2) is 19.9 Å². The first kappa shape index (κ1) is 26.6. The van der Waals surface area contributed by atoms with Crippen LogP contribution in [0.1, 0.15) is 44.4 Å². The first-order chi connectivity index (χ1) is 13.6. The zero-order valence-corrected chi connectivity index (χ0v) is 21.5. The van der Waals surface area contributed by atoms with Crippen LogP contribution in [0.5, 0.6) is 0 Å². The molecule has 0 radical (unpaired) electrons. The van der Waals surface area contributed by atoms with Crippen molar-refractivity contribution in [1.82, 2.24) is 29.1 Å². The van der Waals surface area contributed by atoms with Crippen molar-refractivity contribution in [2.45, 2.75) is 49.0 Å². The van der Waals surface area contributed by atoms with Crippen molar-refractivity contribution < 1.29 is 2.85 Å². The molecule has 3 N–H and O–H groups in total. The van der Waals surface area contributed by atoms with Gasteiger partial charge in [0.25, 0.3) is 0 Å². The van der Waals surface area contributed by atoms with Crippen LogP contribution in [-0.2, 0) is 14.1 Å². The lowest BCUT2D eigenvalue weighted by Crippen LogP contribution is -2.00. The molecule has 0 saturated carbocycles. The van der Waals surface area contributed by atoms with Gasteiger partial charge in [-0.1, -0.05) is 7.43 Å². The third kappa shape index (κ3) is 4.46. The van der Waals surface area contributed by atoms with E-state index >= 15 is 0 Å². The molecular formula is C22H39IN8. The van der Waals surface area contributed by atoms with Crippen LogP contribution < -0.4 is 11.1 Å². The van der Waals surface area contributed by atoms with E-state index < -0.39 is 0 Å². The summed E-state index contributed by atoms with van der Waals surface area (Å²) in [5.74, 6) is 3.35. The van der Waals surface area contributed by atoms with E-state index in [1.807, 2.05) is 55.8 Å². The average Bonchev–Trinajstić information content (AvgIpc) is 3.14. The molecule has 31 heavy (non-hydrogen) atoms. The van der Waals surface area contributed by atoms with Crippen LogP contribution in [0.15, 0.2) is 0 Å². The zero-order chi connectivity index (χ0) is 21.6. The molecule has 0 aliphatic rings. The molecule has 4 aromatic rings. The van der Waals surface area contributed by atoms with Gasteiger partial charge < -0.3 is 20.2 Å². The predicted octanol–water partition coefficient (Wildman–Crippen LogP) is 5.16. The smallest absolute Gasteiger partial charge is 0.154 e. The number of hydrogen-bond donors (Lipinski definition) is 2. The second kappa shape index (κ2) is 9.80. The fraction of sp³-hybridized carbons (Fsp3) is 0.455. The van der Waals surface area contributed by atoms with Crippen LogP contribution >= 0.6 is 24.0 Å². The molecule has 0 aliphatic carbocycles. The topological polar surface area (TPSA) is 99.5 Å². The van der Waals surface area contributed by atoms with Crippen molar-refractivity contribution in [3.8, 4) is 0 Å². The number of anilines is 2. The predicted molar refractivity (Wildman–Crippen MR) is 146 cm³/mol. The normalized spacial score (nSPS) is 10.4. The zero-order valence-electron chi connectivity index (χ0n) is 19.2. The van der Waals surface area contributed by atoms with E-state index in [0.29, 0.717) is 5.82 Å². The monoisotopic (exact) mass is 544 g/mol. The minimum absolute atomic E-state index is 0. The molecule has 0 amide bonds. The van der Waals surface area contributed by atoms with Crippen molar-refractivity contribution >= 4 is 57.7 Å². The SMILES string of the molecule is C.CNc1nc(C)c(C)c2c1nc(C)n2C.Cc1nc(N)c2nc(C)n(C)c2c1C.I.[2HH].[2HH]. The van der Waals surface area contributed by atoms with Gasteiger partial charge in [-0.15, -0.1) is 24.0 Å². The van der Waals surface area contributed by atoms with Crippen molar-refractivity contribution in [3.05, 3.63) is 34.2 Å². The molecule has 0 bridgehead atoms. The fourth-order valence-corrected chi connectivity index (χ4v) is 3.56. The van der Waals surface area contributed by atoms with E-state index in [9.17, 15) is 0 Å². The Kier molecular flexibility index (Phi) is 8.41. The van der Waals surface area contributed by atoms with Crippen LogP contribution in [0, 0.1) is 41.5 Å². The van der Waals surface area contributed by atoms with Crippen LogP contribution in [0.4, 0.5) is 11.6 Å². The largest absolute Gasteiger partial charge is 0.382 e. The lowest BCUT2D eigenvalue weighted by Gasteiger charge is -2.07. The molecule has 0 aromatic carbocycles. The Labute approximate surface area is 204 Å². The summed E-state index contributed by atoms with van der Waals surface area (Å²) in [6.45, 7) is 12.1. The number of nitrogens with zero attached hydrogens (tertiary/aromatic N) is 6. The molecule has 174 valence electrons. The summed E-state index contributed by atoms with van der Waals surface area (Å²) >= 11 is 0. The summed E-state index contributed by atoms with van der Waals surface area (Å²) < 4.78 is 4.16. The van der Waals surface area contributed by atoms with E-state index in [1.165, 1.54) is 11.1 Å². The van der Waals surface area contributed by atoms with Gasteiger partial charge in [-0.2, -0.15) is 0 Å². The maximum Gasteiger partial charge on any atom is 0.154 e. The average molecular weight is 545 g/mol. The van der Waals surface area contributed by atoms with E-state index in [0.717, 1.165) is 51.0 Å². The van der Waals surface area contributed by atoms with E-state index in [4.69, 9.17) is 5.73 Å². The lowest BCUT2D eigenvalue weighted by molar-refractivity contribution is 0.882. The Morgan fingerprint density at radius 3 is 1.65 bits per heavy atom. The minimum atomic E-state index is 0. The molecule has 9 heteroatoms. The van der Waals surface area contributed by atoms with E-state index in [-0.39, 0.29) is 34.3 Å². The van der Waals surface area contributed by atoms with Gasteiger partial charge in [0.15, 0.2) is 11.6 Å². The van der Waals surface area contributed by atoms with Gasteiger partial charge in [0, 0.05) is 35.4 Å². The summed E-state index contributed by atoms with van der Waals surface area (Å²) in [6.07, 6.45) is 0. The maximum atomic E-state index is 5.82. The summed E-state index contributed by atoms with van der Waals surface area (Å²) in [5, 5.41) is 3.09. The van der Waals surface area contributed by atoms with Crippen LogP contribution in [0.2, 0.25) is 0 Å². The minimum Gasteiger partial charge on any atom is -0.382 e. The highest BCUT2D eigenvalue weighted by Crippen LogP contribution is 2.26. The molecule has 8 nitrogen and oxygen atoms in total. The van der Waals surface area contributed by atoms with Crippen molar-refractivity contribution in [2.24, 2.45) is 14.1 Å². The summed E-state index contributed by atoms with van der Waals surface area (Å²) in [5.41, 5.74) is 14.2. The number of rotatable bonds is 1. The van der Waals surface area contributed by atoms with E-state index in [1.54, 1.807) is 0 Å². The second-order valence-corrected chi connectivity index (χ2v) is 7.46. The number of nitrogens with one attached hydrogen (secondary N) is 1. The highest BCUT2D eigenvalue weighted by Gasteiger charge is 2.14. The van der Waals surface area contributed by atoms with Crippen molar-refractivity contribution in [1.29, 1.82) is 0 Å².